The van der Waals surface area contributed by atoms with E-state index in [-0.39, 0.29) is 0 Å². The molecular formula is C10H12NO3PS2. The van der Waals surface area contributed by atoms with Gasteiger partial charge in [0.1, 0.15) is 4.99 Å². The van der Waals surface area contributed by atoms with Crippen LogP contribution < -0.4 is 4.52 Å². The number of hydrogen-bond donors (Lipinski definition) is 1. The van der Waals surface area contributed by atoms with Crippen molar-refractivity contribution in [1.29, 1.82) is 0 Å². The molecule has 1 aromatic heterocycles. The van der Waals surface area contributed by atoms with Crippen molar-refractivity contribution in [2.45, 2.75) is 11.9 Å². The minimum atomic E-state index is -3.24. The Morgan fingerprint density at radius 1 is 1.47 bits per heavy atom. The highest BCUT2D eigenvalue weighted by Gasteiger charge is 2.31. The van der Waals surface area contributed by atoms with Gasteiger partial charge in [0.25, 0.3) is 5.19 Å². The van der Waals surface area contributed by atoms with Crippen molar-refractivity contribution in [2.24, 2.45) is 0 Å². The van der Waals surface area contributed by atoms with E-state index in [0.717, 1.165) is 10.2 Å². The summed E-state index contributed by atoms with van der Waals surface area (Å²) in [6.07, 6.45) is 0. The summed E-state index contributed by atoms with van der Waals surface area (Å²) in [5.41, 5.74) is 0.821. The Hall–Kier alpha value is -0.550. The molecular weight excluding hydrogens is 277 g/mol. The van der Waals surface area contributed by atoms with Crippen LogP contribution in [-0.2, 0) is 9.09 Å². The molecule has 0 aliphatic rings. The van der Waals surface area contributed by atoms with E-state index in [4.69, 9.17) is 9.05 Å². The van der Waals surface area contributed by atoms with Gasteiger partial charge < -0.3 is 9.05 Å². The molecule has 0 radical (unpaired) electrons. The van der Waals surface area contributed by atoms with Crippen molar-refractivity contribution in [3.8, 4) is 5.19 Å². The van der Waals surface area contributed by atoms with E-state index in [0.29, 0.717) is 5.19 Å². The average Bonchev–Trinajstić information content (AvgIpc) is 2.70. The van der Waals surface area contributed by atoms with Gasteiger partial charge in [-0.15, -0.1) is 0 Å². The lowest BCUT2D eigenvalue weighted by Gasteiger charge is -2.17. The molecule has 2 unspecified atom stereocenters. The molecule has 4 nitrogen and oxygen atoms in total. The molecule has 0 fully saturated rings. The zero-order valence-electron chi connectivity index (χ0n) is 9.36. The fourth-order valence-electron chi connectivity index (χ4n) is 1.27. The van der Waals surface area contributed by atoms with Crippen molar-refractivity contribution in [1.82, 2.24) is 4.98 Å². The lowest BCUT2D eigenvalue weighted by atomic mass is 10.3. The molecule has 2 aromatic rings. The molecule has 0 aliphatic heterocycles. The number of aromatic nitrogens is 1. The molecule has 0 saturated heterocycles. The molecule has 0 saturated carbocycles. The summed E-state index contributed by atoms with van der Waals surface area (Å²) in [5.74, 6) is 0. The van der Waals surface area contributed by atoms with Crippen LogP contribution in [0.2, 0.25) is 0 Å². The van der Waals surface area contributed by atoms with Crippen LogP contribution in [0, 0.1) is 0 Å². The van der Waals surface area contributed by atoms with Crippen LogP contribution >= 0.6 is 31.6 Å². The Labute approximate surface area is 109 Å². The second-order valence-corrected chi connectivity index (χ2v) is 7.97. The predicted octanol–water partition coefficient (Wildman–Crippen LogP) is 3.79. The summed E-state index contributed by atoms with van der Waals surface area (Å²) in [6.45, 7) is 1.67. The summed E-state index contributed by atoms with van der Waals surface area (Å²) in [7, 11) is -1.89. The number of rotatable bonds is 4. The zero-order chi connectivity index (χ0) is 12.5. The van der Waals surface area contributed by atoms with E-state index >= 15 is 0 Å². The number of thiol groups is 1. The van der Waals surface area contributed by atoms with Crippen molar-refractivity contribution >= 4 is 41.8 Å². The quantitative estimate of drug-likeness (QED) is 0.687. The molecule has 92 valence electrons. The largest absolute Gasteiger partial charge is 0.396 e. The maximum absolute atomic E-state index is 12.2. The van der Waals surface area contributed by atoms with E-state index in [2.05, 4.69) is 17.6 Å². The van der Waals surface area contributed by atoms with Crippen LogP contribution in [0.1, 0.15) is 6.92 Å². The van der Waals surface area contributed by atoms with Crippen molar-refractivity contribution in [3.05, 3.63) is 24.3 Å². The number of para-hydroxylation sites is 1. The first-order valence-electron chi connectivity index (χ1n) is 4.94. The number of thiazole rings is 1. The van der Waals surface area contributed by atoms with Gasteiger partial charge in [0.2, 0.25) is 0 Å². The Kier molecular flexibility index (Phi) is 3.78. The lowest BCUT2D eigenvalue weighted by Crippen LogP contribution is -2.03. The van der Waals surface area contributed by atoms with Crippen LogP contribution in [0.25, 0.3) is 10.2 Å². The van der Waals surface area contributed by atoms with Crippen LogP contribution in [0.3, 0.4) is 0 Å². The molecule has 17 heavy (non-hydrogen) atoms. The topological polar surface area (TPSA) is 48.4 Å². The van der Waals surface area contributed by atoms with Gasteiger partial charge >= 0.3 is 7.60 Å². The fraction of sp³-hybridized carbons (Fsp3) is 0.300. The molecule has 0 N–H and O–H groups in total. The first-order chi connectivity index (χ1) is 8.05. The molecule has 2 rings (SSSR count). The summed E-state index contributed by atoms with van der Waals surface area (Å²) in [6, 6.07) is 7.62. The minimum absolute atomic E-state index is 0.345. The highest BCUT2D eigenvalue weighted by Crippen LogP contribution is 2.54. The Bertz CT molecular complexity index is 536. The SMILES string of the molecule is COP(=O)(Oc1nc2ccccc2s1)C(C)S. The monoisotopic (exact) mass is 289 g/mol. The van der Waals surface area contributed by atoms with Crippen molar-refractivity contribution in [2.75, 3.05) is 7.11 Å². The van der Waals surface area contributed by atoms with E-state index < -0.39 is 12.6 Å². The summed E-state index contributed by atoms with van der Waals surface area (Å²) in [4.78, 5) is 3.74. The lowest BCUT2D eigenvalue weighted by molar-refractivity contribution is 0.320. The first-order valence-corrected chi connectivity index (χ1v) is 7.88. The molecule has 1 heterocycles. The fourth-order valence-corrected chi connectivity index (χ4v) is 3.64. The minimum Gasteiger partial charge on any atom is -0.396 e. The molecule has 1 aromatic carbocycles. The van der Waals surface area contributed by atoms with Gasteiger partial charge in [-0.1, -0.05) is 23.5 Å². The van der Waals surface area contributed by atoms with Gasteiger partial charge in [-0.2, -0.15) is 12.6 Å². The van der Waals surface area contributed by atoms with Crippen LogP contribution in [0.4, 0.5) is 0 Å². The van der Waals surface area contributed by atoms with Gasteiger partial charge in [0.05, 0.1) is 10.2 Å². The summed E-state index contributed by atoms with van der Waals surface area (Å²) >= 11 is 5.45. The third-order valence-corrected chi connectivity index (χ3v) is 5.93. The Morgan fingerprint density at radius 3 is 2.76 bits per heavy atom. The molecule has 0 spiro atoms. The molecule has 7 heteroatoms. The Balaban J connectivity index is 2.32. The number of hydrogen-bond acceptors (Lipinski definition) is 6. The van der Waals surface area contributed by atoms with Crippen LogP contribution in [0.5, 0.6) is 5.19 Å². The van der Waals surface area contributed by atoms with E-state index in [1.807, 2.05) is 24.3 Å². The van der Waals surface area contributed by atoms with Gasteiger partial charge in [0, 0.05) is 7.11 Å². The summed E-state index contributed by atoms with van der Waals surface area (Å²) < 4.78 is 23.4. The van der Waals surface area contributed by atoms with E-state index in [1.165, 1.54) is 18.4 Å². The average molecular weight is 289 g/mol. The summed E-state index contributed by atoms with van der Waals surface area (Å²) in [5, 5.41) is 0.345. The smallest absolute Gasteiger partial charge is 0.393 e. The molecule has 2 atom stereocenters. The Morgan fingerprint density at radius 2 is 2.18 bits per heavy atom. The number of benzene rings is 1. The van der Waals surface area contributed by atoms with Crippen LogP contribution in [-0.4, -0.2) is 17.1 Å². The van der Waals surface area contributed by atoms with E-state index in [1.54, 1.807) is 6.92 Å². The second-order valence-electron chi connectivity index (χ2n) is 3.39. The third kappa shape index (κ3) is 2.65. The maximum atomic E-state index is 12.2. The highest BCUT2D eigenvalue weighted by molar-refractivity contribution is 7.90. The molecule has 0 bridgehead atoms. The van der Waals surface area contributed by atoms with Gasteiger partial charge in [-0.25, -0.2) is 9.55 Å². The second kappa shape index (κ2) is 4.98. The zero-order valence-corrected chi connectivity index (χ0v) is 12.0. The maximum Gasteiger partial charge on any atom is 0.393 e. The molecule has 0 amide bonds. The first kappa shape index (κ1) is 12.9. The van der Waals surface area contributed by atoms with Gasteiger partial charge in [-0.05, 0) is 19.1 Å². The van der Waals surface area contributed by atoms with Gasteiger partial charge in [-0.3, -0.25) is 0 Å². The molecule has 0 aliphatic carbocycles. The van der Waals surface area contributed by atoms with Gasteiger partial charge in [0.15, 0.2) is 0 Å². The number of fused-ring (bicyclic) bond motifs is 1. The van der Waals surface area contributed by atoms with Crippen molar-refractivity contribution < 1.29 is 13.6 Å². The standard InChI is InChI=1S/C10H12NO3PS2/c1-7(16)15(12,13-2)14-10-11-8-5-3-4-6-9(8)17-10/h3-7,16H,1-2H3. The predicted molar refractivity (Wildman–Crippen MR) is 73.3 cm³/mol. The highest BCUT2D eigenvalue weighted by atomic mass is 32.1. The van der Waals surface area contributed by atoms with Crippen LogP contribution in [0.15, 0.2) is 24.3 Å². The van der Waals surface area contributed by atoms with E-state index in [9.17, 15) is 4.57 Å². The normalized spacial score (nSPS) is 16.6. The number of nitrogens with zero attached hydrogens (tertiary/aromatic N) is 1. The van der Waals surface area contributed by atoms with Crippen molar-refractivity contribution in [3.63, 3.8) is 0 Å². The third-order valence-electron chi connectivity index (χ3n) is 2.19.